The first-order chi connectivity index (χ1) is 10.5. The van der Waals surface area contributed by atoms with Gasteiger partial charge in [-0.2, -0.15) is 0 Å². The molecule has 2 rings (SSSR count). The third-order valence-corrected chi connectivity index (χ3v) is 3.98. The fraction of sp³-hybridized carbons (Fsp3) is 0.400. The Hall–Kier alpha value is -1.59. The monoisotopic (exact) mass is 342 g/mol. The number of ether oxygens (including phenoxy) is 1. The van der Waals surface area contributed by atoms with Crippen LogP contribution in [0.3, 0.4) is 0 Å². The molecule has 0 fully saturated rings. The van der Waals surface area contributed by atoms with Gasteiger partial charge in [0.2, 0.25) is 0 Å². The molecule has 1 aromatic heterocycles. The van der Waals surface area contributed by atoms with E-state index < -0.39 is 5.91 Å². The Morgan fingerprint density at radius 3 is 2.82 bits per heavy atom. The molecule has 0 aliphatic heterocycles. The zero-order chi connectivity index (χ0) is 16.1. The summed E-state index contributed by atoms with van der Waals surface area (Å²) in [5.74, 6) is -0.816. The van der Waals surface area contributed by atoms with Gasteiger partial charge in [0.05, 0.1) is 21.7 Å². The van der Waals surface area contributed by atoms with Crippen LogP contribution < -0.4 is 5.32 Å². The molecule has 0 bridgehead atoms. The Bertz CT molecular complexity index is 617. The molecular formula is C15H16Cl2N2O3. The van der Waals surface area contributed by atoms with Gasteiger partial charge in [0.15, 0.2) is 12.4 Å². The number of pyridine rings is 1. The predicted molar refractivity (Wildman–Crippen MR) is 85.1 cm³/mol. The summed E-state index contributed by atoms with van der Waals surface area (Å²) in [6, 6.07) is 1.50. The van der Waals surface area contributed by atoms with E-state index in [0.717, 1.165) is 12.8 Å². The Morgan fingerprint density at radius 1 is 1.36 bits per heavy atom. The molecule has 1 amide bonds. The first-order valence-corrected chi connectivity index (χ1v) is 7.67. The lowest BCUT2D eigenvalue weighted by molar-refractivity contribution is -0.151. The van der Waals surface area contributed by atoms with E-state index in [2.05, 4.69) is 10.3 Å². The van der Waals surface area contributed by atoms with E-state index in [0.29, 0.717) is 17.1 Å². The second kappa shape index (κ2) is 7.61. The summed E-state index contributed by atoms with van der Waals surface area (Å²) in [7, 11) is 0. The topological polar surface area (TPSA) is 68.3 Å². The standard InChI is InChI=1S/C15H16Cl2N2O3/c1-9-11(16)7-12(17)14(18-9)19-13(20)8-22-15(21)10-5-3-2-4-6-10/h2-3,7,10H,4-6,8H2,1H3,(H,18,19,20)/t10-/m0/s1. The van der Waals surface area contributed by atoms with Crippen molar-refractivity contribution in [2.45, 2.75) is 26.2 Å². The molecule has 1 aliphatic carbocycles. The number of nitrogens with zero attached hydrogens (tertiary/aromatic N) is 1. The number of amides is 1. The van der Waals surface area contributed by atoms with E-state index in [1.165, 1.54) is 6.07 Å². The quantitative estimate of drug-likeness (QED) is 0.671. The molecule has 0 spiro atoms. The lowest BCUT2D eigenvalue weighted by Crippen LogP contribution is -2.25. The number of carbonyl (C=O) groups is 2. The number of halogens is 2. The maximum absolute atomic E-state index is 11.8. The van der Waals surface area contributed by atoms with Crippen LogP contribution in [0.4, 0.5) is 5.82 Å². The zero-order valence-electron chi connectivity index (χ0n) is 12.1. The minimum absolute atomic E-state index is 0.169. The lowest BCUT2D eigenvalue weighted by Gasteiger charge is -2.16. The lowest BCUT2D eigenvalue weighted by atomic mass is 9.95. The third kappa shape index (κ3) is 4.45. The maximum Gasteiger partial charge on any atom is 0.309 e. The van der Waals surface area contributed by atoms with Crippen LogP contribution in [-0.2, 0) is 14.3 Å². The van der Waals surface area contributed by atoms with Crippen molar-refractivity contribution in [3.63, 3.8) is 0 Å². The van der Waals surface area contributed by atoms with Crippen molar-refractivity contribution in [1.82, 2.24) is 4.98 Å². The highest BCUT2D eigenvalue weighted by Crippen LogP contribution is 2.25. The van der Waals surface area contributed by atoms with E-state index in [9.17, 15) is 9.59 Å². The van der Waals surface area contributed by atoms with Gasteiger partial charge in [0.25, 0.3) is 5.91 Å². The number of esters is 1. The summed E-state index contributed by atoms with van der Waals surface area (Å²) in [5.41, 5.74) is 0.548. The first kappa shape index (κ1) is 16.8. The van der Waals surface area contributed by atoms with Crippen molar-refractivity contribution < 1.29 is 14.3 Å². The van der Waals surface area contributed by atoms with Crippen molar-refractivity contribution in [2.75, 3.05) is 11.9 Å². The molecule has 118 valence electrons. The SMILES string of the molecule is Cc1nc(NC(=O)COC(=O)[C@H]2CC=CCC2)c(Cl)cc1Cl. The van der Waals surface area contributed by atoms with Crippen molar-refractivity contribution in [2.24, 2.45) is 5.92 Å². The van der Waals surface area contributed by atoms with E-state index in [4.69, 9.17) is 27.9 Å². The molecule has 5 nitrogen and oxygen atoms in total. The van der Waals surface area contributed by atoms with Gasteiger partial charge >= 0.3 is 5.97 Å². The molecule has 0 saturated carbocycles. The van der Waals surface area contributed by atoms with Gasteiger partial charge in [-0.25, -0.2) is 4.98 Å². The Morgan fingerprint density at radius 2 is 2.14 bits per heavy atom. The van der Waals surface area contributed by atoms with E-state index in [1.54, 1.807) is 6.92 Å². The fourth-order valence-electron chi connectivity index (χ4n) is 2.08. The summed E-state index contributed by atoms with van der Waals surface area (Å²) in [5, 5.41) is 3.15. The van der Waals surface area contributed by atoms with Crippen molar-refractivity contribution in [3.8, 4) is 0 Å². The Balaban J connectivity index is 1.86. The van der Waals surface area contributed by atoms with Gasteiger partial charge in [-0.3, -0.25) is 9.59 Å². The van der Waals surface area contributed by atoms with Crippen LogP contribution in [0.1, 0.15) is 25.0 Å². The molecule has 1 heterocycles. The Kier molecular flexibility index (Phi) is 5.80. The largest absolute Gasteiger partial charge is 0.455 e. The number of hydrogen-bond acceptors (Lipinski definition) is 4. The van der Waals surface area contributed by atoms with Crippen molar-refractivity contribution >= 4 is 40.9 Å². The summed E-state index contributed by atoms with van der Waals surface area (Å²) in [6.45, 7) is 1.34. The molecule has 1 N–H and O–H groups in total. The molecule has 0 aromatic carbocycles. The molecular weight excluding hydrogens is 327 g/mol. The average Bonchev–Trinajstić information content (AvgIpc) is 2.51. The minimum atomic E-state index is -0.490. The summed E-state index contributed by atoms with van der Waals surface area (Å²) >= 11 is 11.8. The minimum Gasteiger partial charge on any atom is -0.455 e. The summed E-state index contributed by atoms with van der Waals surface area (Å²) in [4.78, 5) is 27.7. The number of rotatable bonds is 4. The number of allylic oxidation sites excluding steroid dienone is 2. The van der Waals surface area contributed by atoms with Crippen LogP contribution in [0.15, 0.2) is 18.2 Å². The highest BCUT2D eigenvalue weighted by atomic mass is 35.5. The zero-order valence-corrected chi connectivity index (χ0v) is 13.6. The van der Waals surface area contributed by atoms with Crippen molar-refractivity contribution in [1.29, 1.82) is 0 Å². The first-order valence-electron chi connectivity index (χ1n) is 6.91. The normalized spacial score (nSPS) is 17.1. The number of aryl methyl sites for hydroxylation is 1. The molecule has 7 heteroatoms. The number of aromatic nitrogens is 1. The van der Waals surface area contributed by atoms with Crippen LogP contribution in [0, 0.1) is 12.8 Å². The average molecular weight is 343 g/mol. The third-order valence-electron chi connectivity index (χ3n) is 3.31. The second-order valence-corrected chi connectivity index (χ2v) is 5.84. The van der Waals surface area contributed by atoms with Crippen LogP contribution in [0.2, 0.25) is 10.0 Å². The summed E-state index contributed by atoms with van der Waals surface area (Å²) in [6.07, 6.45) is 6.25. The van der Waals surface area contributed by atoms with Gasteiger partial charge in [0, 0.05) is 0 Å². The van der Waals surface area contributed by atoms with Gasteiger partial charge in [-0.15, -0.1) is 0 Å². The molecule has 22 heavy (non-hydrogen) atoms. The second-order valence-electron chi connectivity index (χ2n) is 5.02. The smallest absolute Gasteiger partial charge is 0.309 e. The van der Waals surface area contributed by atoms with E-state index in [-0.39, 0.29) is 29.3 Å². The maximum atomic E-state index is 11.8. The van der Waals surface area contributed by atoms with E-state index in [1.807, 2.05) is 12.2 Å². The van der Waals surface area contributed by atoms with Gasteiger partial charge in [-0.1, -0.05) is 35.4 Å². The fourth-order valence-corrected chi connectivity index (χ4v) is 2.48. The number of hydrogen-bond donors (Lipinski definition) is 1. The number of anilines is 1. The molecule has 0 saturated heterocycles. The molecule has 0 unspecified atom stereocenters. The van der Waals surface area contributed by atoms with Crippen LogP contribution >= 0.6 is 23.2 Å². The highest BCUT2D eigenvalue weighted by Gasteiger charge is 2.21. The van der Waals surface area contributed by atoms with Crippen LogP contribution in [0.25, 0.3) is 0 Å². The summed E-state index contributed by atoms with van der Waals surface area (Å²) < 4.78 is 5.03. The van der Waals surface area contributed by atoms with E-state index >= 15 is 0 Å². The van der Waals surface area contributed by atoms with Crippen LogP contribution in [0.5, 0.6) is 0 Å². The number of carbonyl (C=O) groups excluding carboxylic acids is 2. The van der Waals surface area contributed by atoms with Crippen LogP contribution in [-0.4, -0.2) is 23.5 Å². The Labute approximate surface area is 138 Å². The molecule has 1 aliphatic rings. The molecule has 1 atom stereocenters. The van der Waals surface area contributed by atoms with Gasteiger partial charge in [0.1, 0.15) is 0 Å². The predicted octanol–water partition coefficient (Wildman–Crippen LogP) is 3.53. The molecule has 1 aromatic rings. The van der Waals surface area contributed by atoms with Crippen molar-refractivity contribution in [3.05, 3.63) is 34.0 Å². The highest BCUT2D eigenvalue weighted by molar-refractivity contribution is 6.36. The molecule has 0 radical (unpaired) electrons. The number of nitrogens with one attached hydrogen (secondary N) is 1. The van der Waals surface area contributed by atoms with Gasteiger partial charge < -0.3 is 10.1 Å². The van der Waals surface area contributed by atoms with Gasteiger partial charge in [-0.05, 0) is 32.3 Å².